The normalized spacial score (nSPS) is 15.1. The predicted molar refractivity (Wildman–Crippen MR) is 76.0 cm³/mol. The van der Waals surface area contributed by atoms with Gasteiger partial charge in [-0.25, -0.2) is 0 Å². The van der Waals surface area contributed by atoms with Crippen LogP contribution in [-0.4, -0.2) is 45.8 Å². The van der Waals surface area contributed by atoms with E-state index in [0.29, 0.717) is 5.75 Å². The monoisotopic (exact) mass is 286 g/mol. The van der Waals surface area contributed by atoms with Gasteiger partial charge in [-0.1, -0.05) is 4.49 Å². The molecule has 2 heterocycles. The fourth-order valence-electron chi connectivity index (χ4n) is 1.89. The molecule has 0 aliphatic carbocycles. The second kappa shape index (κ2) is 6.94. The van der Waals surface area contributed by atoms with Crippen molar-refractivity contribution in [3.05, 3.63) is 5.69 Å². The maximum Gasteiger partial charge on any atom is 0.232 e. The molecule has 0 spiro atoms. The van der Waals surface area contributed by atoms with E-state index < -0.39 is 0 Å². The summed E-state index contributed by atoms with van der Waals surface area (Å²) in [6.07, 6.45) is 2.30. The number of amides is 1. The largest absolute Gasteiger partial charge is 0.374 e. The quantitative estimate of drug-likeness (QED) is 0.864. The van der Waals surface area contributed by atoms with Crippen LogP contribution in [0.4, 0.5) is 5.00 Å². The molecule has 1 aliphatic rings. The lowest BCUT2D eigenvalue weighted by atomic mass is 10.4. The minimum absolute atomic E-state index is 0.255. The average Bonchev–Trinajstić information content (AvgIpc) is 3.01. The SMILES string of the molecule is CCNc1snnc1CSCC(=O)N1CCCC1. The van der Waals surface area contributed by atoms with E-state index in [1.54, 1.807) is 11.8 Å². The van der Waals surface area contributed by atoms with Crippen LogP contribution in [0, 0.1) is 0 Å². The Labute approximate surface area is 115 Å². The van der Waals surface area contributed by atoms with Crippen molar-refractivity contribution in [3.8, 4) is 0 Å². The Kier molecular flexibility index (Phi) is 5.25. The minimum atomic E-state index is 0.255. The third-order valence-electron chi connectivity index (χ3n) is 2.82. The number of anilines is 1. The Balaban J connectivity index is 1.74. The number of likely N-dealkylation sites (tertiary alicyclic amines) is 1. The Morgan fingerprint density at radius 3 is 3.00 bits per heavy atom. The molecule has 1 amide bonds. The predicted octanol–water partition coefficient (Wildman–Crippen LogP) is 1.83. The van der Waals surface area contributed by atoms with Crippen LogP contribution in [0.25, 0.3) is 0 Å². The Morgan fingerprint density at radius 1 is 1.50 bits per heavy atom. The zero-order valence-electron chi connectivity index (χ0n) is 10.5. The third kappa shape index (κ3) is 3.58. The molecule has 1 fully saturated rings. The van der Waals surface area contributed by atoms with E-state index in [0.717, 1.165) is 48.9 Å². The molecule has 0 aromatic carbocycles. The molecule has 7 heteroatoms. The lowest BCUT2D eigenvalue weighted by Gasteiger charge is -2.14. The molecular weight excluding hydrogens is 268 g/mol. The fraction of sp³-hybridized carbons (Fsp3) is 0.727. The number of thioether (sulfide) groups is 1. The molecule has 1 aromatic rings. The van der Waals surface area contributed by atoms with Gasteiger partial charge in [0.1, 0.15) is 10.7 Å². The van der Waals surface area contributed by atoms with Gasteiger partial charge < -0.3 is 10.2 Å². The molecule has 1 aromatic heterocycles. The summed E-state index contributed by atoms with van der Waals surface area (Å²) in [5.74, 6) is 1.55. The number of aromatic nitrogens is 2. The van der Waals surface area contributed by atoms with Crippen molar-refractivity contribution in [1.29, 1.82) is 0 Å². The summed E-state index contributed by atoms with van der Waals surface area (Å²) in [6.45, 7) is 4.78. The van der Waals surface area contributed by atoms with Gasteiger partial charge in [-0.2, -0.15) is 0 Å². The zero-order chi connectivity index (χ0) is 12.8. The average molecular weight is 286 g/mol. The summed E-state index contributed by atoms with van der Waals surface area (Å²) in [6, 6.07) is 0. The van der Waals surface area contributed by atoms with Crippen molar-refractivity contribution in [1.82, 2.24) is 14.5 Å². The number of nitrogens with one attached hydrogen (secondary N) is 1. The number of hydrogen-bond acceptors (Lipinski definition) is 6. The molecule has 18 heavy (non-hydrogen) atoms. The van der Waals surface area contributed by atoms with Crippen molar-refractivity contribution in [2.45, 2.75) is 25.5 Å². The maximum atomic E-state index is 11.8. The van der Waals surface area contributed by atoms with Gasteiger partial charge in [-0.3, -0.25) is 4.79 Å². The molecule has 1 aliphatic heterocycles. The van der Waals surface area contributed by atoms with Crippen LogP contribution in [-0.2, 0) is 10.5 Å². The van der Waals surface area contributed by atoms with Crippen molar-refractivity contribution in [2.75, 3.05) is 30.7 Å². The number of rotatable bonds is 6. The molecule has 0 radical (unpaired) electrons. The smallest absolute Gasteiger partial charge is 0.232 e. The van der Waals surface area contributed by atoms with Gasteiger partial charge in [0.2, 0.25) is 5.91 Å². The van der Waals surface area contributed by atoms with Crippen LogP contribution in [0.3, 0.4) is 0 Å². The first-order valence-corrected chi connectivity index (χ1v) is 8.14. The second-order valence-electron chi connectivity index (χ2n) is 4.16. The molecule has 0 unspecified atom stereocenters. The first kappa shape index (κ1) is 13.6. The molecule has 5 nitrogen and oxygen atoms in total. The topological polar surface area (TPSA) is 58.1 Å². The van der Waals surface area contributed by atoms with E-state index in [1.807, 2.05) is 11.8 Å². The summed E-state index contributed by atoms with van der Waals surface area (Å²) in [4.78, 5) is 13.8. The molecule has 0 atom stereocenters. The summed E-state index contributed by atoms with van der Waals surface area (Å²) in [5.41, 5.74) is 0.959. The van der Waals surface area contributed by atoms with Crippen molar-refractivity contribution < 1.29 is 4.79 Å². The highest BCUT2D eigenvalue weighted by Gasteiger charge is 2.17. The first-order chi connectivity index (χ1) is 8.81. The maximum absolute atomic E-state index is 11.8. The Hall–Kier alpha value is -0.820. The van der Waals surface area contributed by atoms with Gasteiger partial charge in [0.25, 0.3) is 0 Å². The van der Waals surface area contributed by atoms with Gasteiger partial charge in [0, 0.05) is 36.9 Å². The number of carbonyl (C=O) groups excluding carboxylic acids is 1. The van der Waals surface area contributed by atoms with Gasteiger partial charge in [-0.15, -0.1) is 16.9 Å². The van der Waals surface area contributed by atoms with E-state index in [2.05, 4.69) is 14.9 Å². The summed E-state index contributed by atoms with van der Waals surface area (Å²) in [5, 5.41) is 8.35. The van der Waals surface area contributed by atoms with E-state index >= 15 is 0 Å². The van der Waals surface area contributed by atoms with Gasteiger partial charge >= 0.3 is 0 Å². The van der Waals surface area contributed by atoms with Crippen LogP contribution in [0.2, 0.25) is 0 Å². The van der Waals surface area contributed by atoms with E-state index in [4.69, 9.17) is 0 Å². The molecule has 0 bridgehead atoms. The minimum Gasteiger partial charge on any atom is -0.374 e. The molecule has 1 saturated heterocycles. The number of carbonyl (C=O) groups is 1. The third-order valence-corrected chi connectivity index (χ3v) is 4.47. The van der Waals surface area contributed by atoms with Crippen LogP contribution in [0.1, 0.15) is 25.5 Å². The van der Waals surface area contributed by atoms with E-state index in [-0.39, 0.29) is 5.91 Å². The highest BCUT2D eigenvalue weighted by molar-refractivity contribution is 7.99. The van der Waals surface area contributed by atoms with Crippen molar-refractivity contribution in [2.24, 2.45) is 0 Å². The zero-order valence-corrected chi connectivity index (χ0v) is 12.1. The van der Waals surface area contributed by atoms with Crippen LogP contribution < -0.4 is 5.32 Å². The number of nitrogens with zero attached hydrogens (tertiary/aromatic N) is 3. The van der Waals surface area contributed by atoms with E-state index in [9.17, 15) is 4.79 Å². The lowest BCUT2D eigenvalue weighted by Crippen LogP contribution is -2.29. The summed E-state index contributed by atoms with van der Waals surface area (Å²) in [7, 11) is 0. The first-order valence-electron chi connectivity index (χ1n) is 6.22. The molecule has 2 rings (SSSR count). The summed E-state index contributed by atoms with van der Waals surface area (Å²) < 4.78 is 3.94. The van der Waals surface area contributed by atoms with Crippen molar-refractivity contribution in [3.63, 3.8) is 0 Å². The van der Waals surface area contributed by atoms with Gasteiger partial charge in [0.05, 0.1) is 5.75 Å². The van der Waals surface area contributed by atoms with Crippen LogP contribution >= 0.6 is 23.3 Å². The lowest BCUT2D eigenvalue weighted by molar-refractivity contribution is -0.127. The van der Waals surface area contributed by atoms with Crippen LogP contribution in [0.5, 0.6) is 0 Å². The Morgan fingerprint density at radius 2 is 2.28 bits per heavy atom. The van der Waals surface area contributed by atoms with Gasteiger partial charge in [0.15, 0.2) is 0 Å². The standard InChI is InChI=1S/C11H18N4OS2/c1-2-12-11-9(13-14-18-11)7-17-8-10(16)15-5-3-4-6-15/h12H,2-8H2,1H3. The second-order valence-corrected chi connectivity index (χ2v) is 5.90. The number of hydrogen-bond donors (Lipinski definition) is 1. The highest BCUT2D eigenvalue weighted by atomic mass is 32.2. The highest BCUT2D eigenvalue weighted by Crippen LogP contribution is 2.22. The molecular formula is C11H18N4OS2. The molecule has 0 saturated carbocycles. The van der Waals surface area contributed by atoms with Gasteiger partial charge in [-0.05, 0) is 19.8 Å². The van der Waals surface area contributed by atoms with Crippen molar-refractivity contribution >= 4 is 34.2 Å². The summed E-state index contributed by atoms with van der Waals surface area (Å²) >= 11 is 3.00. The molecule has 100 valence electrons. The fourth-order valence-corrected chi connectivity index (χ4v) is 3.49. The Bertz CT molecular complexity index is 390. The molecule has 1 N–H and O–H groups in total. The van der Waals surface area contributed by atoms with E-state index in [1.165, 1.54) is 11.5 Å². The van der Waals surface area contributed by atoms with Crippen LogP contribution in [0.15, 0.2) is 0 Å².